The van der Waals surface area contributed by atoms with Gasteiger partial charge in [0.1, 0.15) is 11.5 Å². The first-order valence-electron chi connectivity index (χ1n) is 8.28. The molecule has 1 saturated heterocycles. The molecule has 1 N–H and O–H groups in total. The van der Waals surface area contributed by atoms with Gasteiger partial charge in [0.2, 0.25) is 0 Å². The maximum atomic E-state index is 12.6. The second kappa shape index (κ2) is 6.61. The summed E-state index contributed by atoms with van der Waals surface area (Å²) < 4.78 is 40.7. The van der Waals surface area contributed by atoms with Crippen LogP contribution in [0, 0.1) is 0 Å². The second-order valence-electron chi connectivity index (χ2n) is 6.24. The molecule has 0 unspecified atom stereocenters. The molecule has 11 heteroatoms. The third-order valence-corrected chi connectivity index (χ3v) is 4.60. The van der Waals surface area contributed by atoms with Crippen LogP contribution in [0.3, 0.4) is 0 Å². The molecule has 0 spiro atoms. The van der Waals surface area contributed by atoms with Crippen molar-refractivity contribution >= 4 is 5.91 Å². The van der Waals surface area contributed by atoms with Gasteiger partial charge in [-0.2, -0.15) is 23.4 Å². The van der Waals surface area contributed by atoms with E-state index in [0.29, 0.717) is 38.3 Å². The molecule has 1 aliphatic heterocycles. The fraction of sp³-hybridized carbons (Fsp3) is 0.600. The highest BCUT2D eigenvalue weighted by molar-refractivity contribution is 5.92. The summed E-state index contributed by atoms with van der Waals surface area (Å²) in [6.45, 7) is 3.11. The molecule has 2 aromatic rings. The first-order chi connectivity index (χ1) is 12.2. The van der Waals surface area contributed by atoms with Crippen molar-refractivity contribution in [2.75, 3.05) is 13.1 Å². The number of aromatic amines is 1. The highest BCUT2D eigenvalue weighted by Crippen LogP contribution is 2.29. The van der Waals surface area contributed by atoms with E-state index in [9.17, 15) is 22.8 Å². The van der Waals surface area contributed by atoms with Crippen LogP contribution in [0.4, 0.5) is 13.2 Å². The number of carbonyl (C=O) groups is 1. The molecular weight excluding hydrogens is 353 g/mol. The fourth-order valence-electron chi connectivity index (χ4n) is 3.20. The van der Waals surface area contributed by atoms with E-state index in [4.69, 9.17) is 0 Å². The topological polar surface area (TPSA) is 88.8 Å². The van der Waals surface area contributed by atoms with Crippen LogP contribution in [0.1, 0.15) is 47.7 Å². The molecule has 26 heavy (non-hydrogen) atoms. The van der Waals surface area contributed by atoms with Crippen LogP contribution in [-0.2, 0) is 19.8 Å². The SMILES string of the molecule is CCn1c(C2CCN(C(=O)c3cc(C(F)(F)F)[nH]n3)CC2)nn(C)c1=O. The standard InChI is InChI=1S/C15H19F3N6O2/c1-3-24-12(21-22(2)14(24)26)9-4-6-23(7-5-9)13(25)10-8-11(20-19-10)15(16,17)18/h8-9H,3-7H2,1-2H3,(H,19,20). The van der Waals surface area contributed by atoms with Gasteiger partial charge in [0, 0.05) is 38.7 Å². The van der Waals surface area contributed by atoms with Crippen molar-refractivity contribution in [2.24, 2.45) is 7.05 Å². The van der Waals surface area contributed by atoms with Crippen molar-refractivity contribution in [3.05, 3.63) is 33.8 Å². The van der Waals surface area contributed by atoms with E-state index in [0.717, 1.165) is 6.07 Å². The predicted octanol–water partition coefficient (Wildman–Crippen LogP) is 1.36. The average molecular weight is 372 g/mol. The normalized spacial score (nSPS) is 16.3. The lowest BCUT2D eigenvalue weighted by molar-refractivity contribution is -0.141. The van der Waals surface area contributed by atoms with Gasteiger partial charge in [-0.15, -0.1) is 0 Å². The molecular formula is C15H19F3N6O2. The Morgan fingerprint density at radius 2 is 2.00 bits per heavy atom. The minimum absolute atomic E-state index is 0.0258. The summed E-state index contributed by atoms with van der Waals surface area (Å²) in [5.41, 5.74) is -1.48. The van der Waals surface area contributed by atoms with Crippen molar-refractivity contribution in [1.82, 2.24) is 29.4 Å². The minimum atomic E-state index is -4.57. The highest BCUT2D eigenvalue weighted by Gasteiger charge is 2.35. The number of nitrogens with one attached hydrogen (secondary N) is 1. The summed E-state index contributed by atoms with van der Waals surface area (Å²) in [4.78, 5) is 25.8. The van der Waals surface area contributed by atoms with E-state index >= 15 is 0 Å². The number of alkyl halides is 3. The number of piperidine rings is 1. The lowest BCUT2D eigenvalue weighted by atomic mass is 9.95. The Labute approximate surface area is 146 Å². The Kier molecular flexibility index (Phi) is 4.63. The number of hydrogen-bond donors (Lipinski definition) is 1. The van der Waals surface area contributed by atoms with Gasteiger partial charge in [-0.3, -0.25) is 14.5 Å². The minimum Gasteiger partial charge on any atom is -0.337 e. The molecule has 1 amide bonds. The van der Waals surface area contributed by atoms with Crippen LogP contribution < -0.4 is 5.69 Å². The Morgan fingerprint density at radius 1 is 1.35 bits per heavy atom. The number of amides is 1. The van der Waals surface area contributed by atoms with E-state index in [1.165, 1.54) is 9.58 Å². The summed E-state index contributed by atoms with van der Waals surface area (Å²) in [6, 6.07) is 0.724. The largest absolute Gasteiger partial charge is 0.432 e. The van der Waals surface area contributed by atoms with E-state index in [1.54, 1.807) is 11.6 Å². The van der Waals surface area contributed by atoms with Crippen LogP contribution in [-0.4, -0.2) is 48.4 Å². The molecule has 142 valence electrons. The molecule has 3 heterocycles. The van der Waals surface area contributed by atoms with Gasteiger partial charge >= 0.3 is 11.9 Å². The highest BCUT2D eigenvalue weighted by atomic mass is 19.4. The first-order valence-corrected chi connectivity index (χ1v) is 8.28. The van der Waals surface area contributed by atoms with Crippen LogP contribution in [0.25, 0.3) is 0 Å². The van der Waals surface area contributed by atoms with Crippen LogP contribution in [0.5, 0.6) is 0 Å². The number of carbonyl (C=O) groups excluding carboxylic acids is 1. The van der Waals surface area contributed by atoms with Gasteiger partial charge in [0.15, 0.2) is 5.69 Å². The van der Waals surface area contributed by atoms with Crippen LogP contribution in [0.15, 0.2) is 10.9 Å². The first kappa shape index (κ1) is 18.2. The number of aromatic nitrogens is 5. The molecule has 0 aliphatic carbocycles. The number of likely N-dealkylation sites (tertiary alicyclic amines) is 1. The fourth-order valence-corrected chi connectivity index (χ4v) is 3.20. The molecule has 8 nitrogen and oxygen atoms in total. The van der Waals surface area contributed by atoms with Gasteiger partial charge < -0.3 is 4.90 Å². The molecule has 1 fully saturated rings. The third-order valence-electron chi connectivity index (χ3n) is 4.60. The van der Waals surface area contributed by atoms with E-state index in [2.05, 4.69) is 10.2 Å². The van der Waals surface area contributed by atoms with E-state index in [1.807, 2.05) is 12.0 Å². The van der Waals surface area contributed by atoms with Gasteiger partial charge in [-0.25, -0.2) is 9.48 Å². The van der Waals surface area contributed by atoms with Gasteiger partial charge in [-0.1, -0.05) is 0 Å². The molecule has 0 saturated carbocycles. The third kappa shape index (κ3) is 3.25. The zero-order chi connectivity index (χ0) is 19.1. The smallest absolute Gasteiger partial charge is 0.337 e. The van der Waals surface area contributed by atoms with Crippen molar-refractivity contribution in [3.8, 4) is 0 Å². The van der Waals surface area contributed by atoms with Gasteiger partial charge in [0.05, 0.1) is 0 Å². The average Bonchev–Trinajstić information content (AvgIpc) is 3.20. The van der Waals surface area contributed by atoms with Gasteiger partial charge in [-0.05, 0) is 19.8 Å². The zero-order valence-corrected chi connectivity index (χ0v) is 14.4. The Bertz CT molecular complexity index is 858. The second-order valence-corrected chi connectivity index (χ2v) is 6.24. The Balaban J connectivity index is 1.69. The summed E-state index contributed by atoms with van der Waals surface area (Å²) in [5.74, 6) is 0.174. The van der Waals surface area contributed by atoms with Crippen molar-refractivity contribution in [2.45, 2.75) is 38.4 Å². The number of hydrogen-bond acceptors (Lipinski definition) is 4. The monoisotopic (exact) mass is 372 g/mol. The van der Waals surface area contributed by atoms with E-state index in [-0.39, 0.29) is 17.3 Å². The summed E-state index contributed by atoms with van der Waals surface area (Å²) in [5, 5.41) is 9.62. The number of H-pyrrole nitrogens is 1. The van der Waals surface area contributed by atoms with Crippen molar-refractivity contribution in [3.63, 3.8) is 0 Å². The molecule has 2 aromatic heterocycles. The number of aryl methyl sites for hydroxylation is 1. The molecule has 3 rings (SSSR count). The van der Waals surface area contributed by atoms with Crippen LogP contribution >= 0.6 is 0 Å². The molecule has 1 aliphatic rings. The number of rotatable bonds is 3. The molecule has 0 aromatic carbocycles. The molecule has 0 atom stereocenters. The lowest BCUT2D eigenvalue weighted by Gasteiger charge is -2.31. The number of halogens is 3. The quantitative estimate of drug-likeness (QED) is 0.881. The lowest BCUT2D eigenvalue weighted by Crippen LogP contribution is -2.38. The maximum Gasteiger partial charge on any atom is 0.432 e. The van der Waals surface area contributed by atoms with Crippen molar-refractivity contribution < 1.29 is 18.0 Å². The summed E-state index contributed by atoms with van der Waals surface area (Å²) in [7, 11) is 1.59. The van der Waals surface area contributed by atoms with Crippen LogP contribution in [0.2, 0.25) is 0 Å². The Hall–Kier alpha value is -2.59. The maximum absolute atomic E-state index is 12.6. The molecule has 0 bridgehead atoms. The molecule has 0 radical (unpaired) electrons. The van der Waals surface area contributed by atoms with Crippen molar-refractivity contribution in [1.29, 1.82) is 0 Å². The predicted molar refractivity (Wildman–Crippen MR) is 84.6 cm³/mol. The van der Waals surface area contributed by atoms with Gasteiger partial charge in [0.25, 0.3) is 5.91 Å². The Morgan fingerprint density at radius 3 is 2.54 bits per heavy atom. The summed E-state index contributed by atoms with van der Waals surface area (Å²) >= 11 is 0. The summed E-state index contributed by atoms with van der Waals surface area (Å²) in [6.07, 6.45) is -3.40. The zero-order valence-electron chi connectivity index (χ0n) is 14.4. The van der Waals surface area contributed by atoms with E-state index < -0.39 is 17.8 Å². The number of nitrogens with zero attached hydrogens (tertiary/aromatic N) is 5.